The van der Waals surface area contributed by atoms with Gasteiger partial charge < -0.3 is 15.2 Å². The van der Waals surface area contributed by atoms with Crippen LogP contribution in [0.4, 0.5) is 0 Å². The minimum Gasteiger partial charge on any atom is -0.493 e. The predicted molar refractivity (Wildman–Crippen MR) is 107 cm³/mol. The predicted octanol–water partition coefficient (Wildman–Crippen LogP) is 5.81. The van der Waals surface area contributed by atoms with Crippen LogP contribution in [0.15, 0.2) is 50.5 Å². The normalized spacial score (nSPS) is 20.1. The lowest BCUT2D eigenvalue weighted by Gasteiger charge is -2.22. The molecule has 4 rings (SSSR count). The Morgan fingerprint density at radius 2 is 1.54 bits per heavy atom. The van der Waals surface area contributed by atoms with Crippen LogP contribution in [0.2, 0.25) is 0 Å². The fourth-order valence-corrected chi connectivity index (χ4v) is 3.60. The van der Waals surface area contributed by atoms with Gasteiger partial charge in [-0.25, -0.2) is 0 Å². The first-order valence-electron chi connectivity index (χ1n) is 8.23. The molecule has 0 bridgehead atoms. The maximum Gasteiger partial charge on any atom is 0.125 e. The van der Waals surface area contributed by atoms with Crippen LogP contribution in [-0.2, 0) is 0 Å². The Labute approximate surface area is 168 Å². The van der Waals surface area contributed by atoms with Crippen LogP contribution in [0.3, 0.4) is 0 Å². The third-order valence-electron chi connectivity index (χ3n) is 4.24. The number of benzene rings is 2. The Kier molecular flexibility index (Phi) is 6.43. The third kappa shape index (κ3) is 4.51. The molecule has 2 aromatic carbocycles. The molecule has 0 fully saturated rings. The first-order chi connectivity index (χ1) is 12.6. The Hall–Kier alpha value is -1.73. The summed E-state index contributed by atoms with van der Waals surface area (Å²) in [5, 5.41) is 3.74. The van der Waals surface area contributed by atoms with Crippen molar-refractivity contribution in [3.8, 4) is 11.5 Å². The van der Waals surface area contributed by atoms with Gasteiger partial charge in [-0.1, -0.05) is 49.1 Å². The largest absolute Gasteiger partial charge is 0.493 e. The first kappa shape index (κ1) is 19.0. The maximum atomic E-state index is 8.41. The van der Waals surface area contributed by atoms with E-state index in [-0.39, 0.29) is 12.1 Å². The molecular weight excluding hydrogens is 464 g/mol. The van der Waals surface area contributed by atoms with Gasteiger partial charge in [0.15, 0.2) is 0 Å². The molecule has 2 N–H and O–H groups in total. The molecule has 136 valence electrons. The highest BCUT2D eigenvalue weighted by atomic mass is 79.9. The van der Waals surface area contributed by atoms with E-state index in [1.807, 2.05) is 36.4 Å². The number of hydrogen-bond donors (Lipinski definition) is 1. The van der Waals surface area contributed by atoms with E-state index in [9.17, 15) is 0 Å². The van der Waals surface area contributed by atoms with E-state index < -0.39 is 0 Å². The highest BCUT2D eigenvalue weighted by Gasteiger charge is 2.20. The quantitative estimate of drug-likeness (QED) is 0.316. The van der Waals surface area contributed by atoms with Gasteiger partial charge in [0.25, 0.3) is 0 Å². The van der Waals surface area contributed by atoms with Crippen LogP contribution in [0, 0.1) is 0 Å². The van der Waals surface area contributed by atoms with Crippen molar-refractivity contribution in [2.24, 2.45) is 10.8 Å². The summed E-state index contributed by atoms with van der Waals surface area (Å²) in [6.07, 6.45) is 1.66. The molecule has 2 unspecified atom stereocenters. The monoisotopic (exact) mass is 480 g/mol. The van der Waals surface area contributed by atoms with Gasteiger partial charge in [-0.2, -0.15) is 0 Å². The summed E-state index contributed by atoms with van der Waals surface area (Å²) in [6, 6.07) is 11.8. The van der Waals surface area contributed by atoms with Crippen LogP contribution in [0.1, 0.15) is 36.1 Å². The Bertz CT molecular complexity index is 840. The topological polar surface area (TPSA) is 93.2 Å². The molecule has 0 saturated carbocycles. The van der Waals surface area contributed by atoms with E-state index in [2.05, 4.69) is 41.9 Å². The van der Waals surface area contributed by atoms with Gasteiger partial charge in [-0.15, -0.1) is 0 Å². The molecule has 2 aliphatic heterocycles. The lowest BCUT2D eigenvalue weighted by Crippen LogP contribution is -2.20. The SMILES string of the molecule is NC1CCOc2cc(Br)ccc21.[N-]=[N+]=NC1CCOc2cc(Br)ccc21. The summed E-state index contributed by atoms with van der Waals surface area (Å²) >= 11 is 6.76. The number of halogens is 2. The average Bonchev–Trinajstić information content (AvgIpc) is 2.62. The number of nitrogens with two attached hydrogens (primary N) is 1. The fraction of sp³-hybridized carbons (Fsp3) is 0.333. The van der Waals surface area contributed by atoms with Gasteiger partial charge in [0.1, 0.15) is 11.5 Å². The zero-order valence-electron chi connectivity index (χ0n) is 13.9. The molecule has 0 aromatic heterocycles. The number of azide groups is 1. The fourth-order valence-electron chi connectivity index (χ4n) is 2.92. The van der Waals surface area contributed by atoms with Crippen molar-refractivity contribution in [1.82, 2.24) is 0 Å². The van der Waals surface area contributed by atoms with E-state index in [1.165, 1.54) is 0 Å². The van der Waals surface area contributed by atoms with Crippen molar-refractivity contribution in [3.05, 3.63) is 66.9 Å². The Morgan fingerprint density at radius 3 is 2.19 bits per heavy atom. The Balaban J connectivity index is 0.000000152. The van der Waals surface area contributed by atoms with Crippen molar-refractivity contribution in [3.63, 3.8) is 0 Å². The number of fused-ring (bicyclic) bond motifs is 2. The summed E-state index contributed by atoms with van der Waals surface area (Å²) in [6.45, 7) is 1.33. The summed E-state index contributed by atoms with van der Waals surface area (Å²) in [7, 11) is 0. The number of ether oxygens (including phenoxy) is 2. The van der Waals surface area contributed by atoms with Crippen LogP contribution in [0.25, 0.3) is 10.4 Å². The summed E-state index contributed by atoms with van der Waals surface area (Å²) in [5.41, 5.74) is 16.4. The molecule has 8 heteroatoms. The summed E-state index contributed by atoms with van der Waals surface area (Å²) in [4.78, 5) is 2.84. The molecule has 0 saturated heterocycles. The molecule has 6 nitrogen and oxygen atoms in total. The van der Waals surface area contributed by atoms with Gasteiger partial charge in [-0.05, 0) is 36.2 Å². The summed E-state index contributed by atoms with van der Waals surface area (Å²) in [5.74, 6) is 1.73. The van der Waals surface area contributed by atoms with E-state index >= 15 is 0 Å². The van der Waals surface area contributed by atoms with Gasteiger partial charge in [-0.3, -0.25) is 0 Å². The zero-order valence-corrected chi connectivity index (χ0v) is 17.1. The standard InChI is InChI=1S/C9H8BrN3O.C9H10BrNO/c10-6-1-2-7-8(12-13-11)3-4-14-9(7)5-6;10-6-1-2-7-8(11)3-4-12-9(7)5-6/h1-2,5,8H,3-4H2;1-2,5,8H,3-4,11H2. The van der Waals surface area contributed by atoms with E-state index in [0.29, 0.717) is 6.61 Å². The van der Waals surface area contributed by atoms with Crippen molar-refractivity contribution < 1.29 is 9.47 Å². The van der Waals surface area contributed by atoms with Gasteiger partial charge in [0.05, 0.1) is 19.3 Å². The first-order valence-corrected chi connectivity index (χ1v) is 9.81. The molecule has 0 radical (unpaired) electrons. The van der Waals surface area contributed by atoms with E-state index in [1.54, 1.807) is 0 Å². The maximum absolute atomic E-state index is 8.41. The van der Waals surface area contributed by atoms with Crippen molar-refractivity contribution in [2.45, 2.75) is 24.9 Å². The van der Waals surface area contributed by atoms with Gasteiger partial charge >= 0.3 is 0 Å². The van der Waals surface area contributed by atoms with Crippen LogP contribution in [0.5, 0.6) is 11.5 Å². The van der Waals surface area contributed by atoms with Gasteiger partial charge in [0.2, 0.25) is 0 Å². The second-order valence-electron chi connectivity index (χ2n) is 5.97. The lowest BCUT2D eigenvalue weighted by molar-refractivity contribution is 0.268. The number of hydrogen-bond acceptors (Lipinski definition) is 4. The van der Waals surface area contributed by atoms with Crippen LogP contribution >= 0.6 is 31.9 Å². The van der Waals surface area contributed by atoms with Crippen molar-refractivity contribution >= 4 is 31.9 Å². The summed E-state index contributed by atoms with van der Waals surface area (Å²) < 4.78 is 12.9. The zero-order chi connectivity index (χ0) is 18.5. The van der Waals surface area contributed by atoms with Crippen molar-refractivity contribution in [2.75, 3.05) is 13.2 Å². The molecular formula is C18H18Br2N4O2. The van der Waals surface area contributed by atoms with Crippen LogP contribution in [-0.4, -0.2) is 13.2 Å². The molecule has 0 spiro atoms. The second-order valence-corrected chi connectivity index (χ2v) is 7.80. The number of nitrogens with zero attached hydrogens (tertiary/aromatic N) is 3. The van der Waals surface area contributed by atoms with E-state index in [0.717, 1.165) is 51.0 Å². The minimum absolute atomic E-state index is 0.0863. The van der Waals surface area contributed by atoms with Crippen LogP contribution < -0.4 is 15.2 Å². The molecule has 26 heavy (non-hydrogen) atoms. The lowest BCUT2D eigenvalue weighted by atomic mass is 10.0. The van der Waals surface area contributed by atoms with E-state index in [4.69, 9.17) is 20.7 Å². The Morgan fingerprint density at radius 1 is 0.962 bits per heavy atom. The highest BCUT2D eigenvalue weighted by Crippen LogP contribution is 2.36. The molecule has 0 amide bonds. The van der Waals surface area contributed by atoms with Gasteiger partial charge in [0, 0.05) is 37.4 Å². The molecule has 2 heterocycles. The highest BCUT2D eigenvalue weighted by molar-refractivity contribution is 9.10. The second kappa shape index (κ2) is 8.77. The average molecular weight is 482 g/mol. The molecule has 0 aliphatic carbocycles. The molecule has 2 aromatic rings. The number of rotatable bonds is 1. The third-order valence-corrected chi connectivity index (χ3v) is 5.22. The molecule has 2 aliphatic rings. The molecule has 2 atom stereocenters. The minimum atomic E-state index is -0.0863. The van der Waals surface area contributed by atoms with Crippen molar-refractivity contribution in [1.29, 1.82) is 0 Å². The smallest absolute Gasteiger partial charge is 0.125 e.